The van der Waals surface area contributed by atoms with Crippen LogP contribution >= 0.6 is 23.2 Å². The highest BCUT2D eigenvalue weighted by molar-refractivity contribution is 8.09. The molecule has 0 saturated carbocycles. The van der Waals surface area contributed by atoms with Crippen LogP contribution in [-0.4, -0.2) is 46.8 Å². The number of hydrogen-bond acceptors (Lipinski definition) is 4. The molecule has 0 unspecified atom stereocenters. The van der Waals surface area contributed by atoms with Gasteiger partial charge in [0.15, 0.2) is 4.58 Å². The predicted octanol–water partition coefficient (Wildman–Crippen LogP) is 2.77. The van der Waals surface area contributed by atoms with Gasteiger partial charge in [0.2, 0.25) is 0 Å². The molecule has 0 spiro atoms. The number of rotatable bonds is 8. The lowest BCUT2D eigenvalue weighted by Gasteiger charge is -2.20. The summed E-state index contributed by atoms with van der Waals surface area (Å²) in [5.41, 5.74) is -12.2. The Labute approximate surface area is 141 Å². The molecule has 0 atom stereocenters. The van der Waals surface area contributed by atoms with Crippen LogP contribution in [0.15, 0.2) is 0 Å². The third-order valence-electron chi connectivity index (χ3n) is 2.70. The van der Waals surface area contributed by atoms with Crippen molar-refractivity contribution in [1.82, 2.24) is 0 Å². The Morgan fingerprint density at radius 1 is 0.870 bits per heavy atom. The second kappa shape index (κ2) is 8.10. The second-order valence-electron chi connectivity index (χ2n) is 4.44. The molecule has 4 nitrogen and oxygen atoms in total. The SMILES string of the molecule is O=S(=O)(C(CCC[SiH2]CC(Cl)Cl)S(=O)(=O)C(F)(F)F)C(F)(F)F. The minimum atomic E-state index is -6.53. The van der Waals surface area contributed by atoms with E-state index in [4.69, 9.17) is 23.2 Å². The van der Waals surface area contributed by atoms with Crippen LogP contribution < -0.4 is 0 Å². The lowest BCUT2D eigenvalue weighted by Crippen LogP contribution is -2.44. The summed E-state index contributed by atoms with van der Waals surface area (Å²) in [6, 6.07) is 0.416. The van der Waals surface area contributed by atoms with E-state index in [2.05, 4.69) is 0 Å². The Hall–Kier alpha value is 0.277. The van der Waals surface area contributed by atoms with Crippen LogP contribution in [0.1, 0.15) is 12.8 Å². The summed E-state index contributed by atoms with van der Waals surface area (Å²) in [5.74, 6) is 0. The Kier molecular flexibility index (Phi) is 8.20. The molecule has 0 fully saturated rings. The number of halogens is 8. The van der Waals surface area contributed by atoms with E-state index in [1.165, 1.54) is 0 Å². The summed E-state index contributed by atoms with van der Waals surface area (Å²) in [4.78, 5) is -0.740. The van der Waals surface area contributed by atoms with Crippen LogP contribution in [0.3, 0.4) is 0 Å². The second-order valence-corrected chi connectivity index (χ2v) is 12.3. The van der Waals surface area contributed by atoms with Crippen LogP contribution in [0, 0.1) is 0 Å². The van der Waals surface area contributed by atoms with E-state index in [1.807, 2.05) is 0 Å². The summed E-state index contributed by atoms with van der Waals surface area (Å²) >= 11 is 10.8. The molecule has 0 aromatic heterocycles. The Morgan fingerprint density at radius 2 is 1.26 bits per heavy atom. The molecule has 0 bridgehead atoms. The van der Waals surface area contributed by atoms with Gasteiger partial charge < -0.3 is 0 Å². The van der Waals surface area contributed by atoms with E-state index >= 15 is 0 Å². The Balaban J connectivity index is 5.38. The molecule has 0 saturated heterocycles. The average molecular weight is 449 g/mol. The molecule has 15 heteroatoms. The summed E-state index contributed by atoms with van der Waals surface area (Å²) in [6.45, 7) is 0. The van der Waals surface area contributed by atoms with Crippen LogP contribution in [0.4, 0.5) is 26.3 Å². The molecule has 0 heterocycles. The molecule has 0 N–H and O–H groups in total. The maximum atomic E-state index is 12.4. The normalized spacial score (nSPS) is 15.2. The quantitative estimate of drug-likeness (QED) is 0.247. The summed E-state index contributed by atoms with van der Waals surface area (Å²) < 4.78 is 116. The van der Waals surface area contributed by atoms with E-state index in [0.717, 1.165) is 0 Å². The van der Waals surface area contributed by atoms with E-state index in [9.17, 15) is 43.2 Å². The van der Waals surface area contributed by atoms with E-state index in [1.54, 1.807) is 0 Å². The van der Waals surface area contributed by atoms with Crippen molar-refractivity contribution >= 4 is 52.4 Å². The smallest absolute Gasteiger partial charge is 0.218 e. The van der Waals surface area contributed by atoms with Crippen LogP contribution in [0.5, 0.6) is 0 Å². The minimum Gasteiger partial charge on any atom is -0.218 e. The maximum Gasteiger partial charge on any atom is 0.498 e. The van der Waals surface area contributed by atoms with Gasteiger partial charge in [-0.15, -0.1) is 23.2 Å². The van der Waals surface area contributed by atoms with Crippen LogP contribution in [-0.2, 0) is 19.7 Å². The van der Waals surface area contributed by atoms with Gasteiger partial charge in [0.05, 0.1) is 0 Å². The lowest BCUT2D eigenvalue weighted by molar-refractivity contribution is -0.0472. The highest BCUT2D eigenvalue weighted by Gasteiger charge is 2.62. The summed E-state index contributed by atoms with van der Waals surface area (Å²) in [6.07, 6.45) is -1.73. The van der Waals surface area contributed by atoms with Gasteiger partial charge in [0.1, 0.15) is 4.84 Å². The largest absolute Gasteiger partial charge is 0.498 e. The zero-order valence-corrected chi connectivity index (χ0v) is 15.7. The first-order valence-corrected chi connectivity index (χ1v) is 11.9. The summed E-state index contributed by atoms with van der Waals surface area (Å²) in [5, 5.41) is 0. The van der Waals surface area contributed by atoms with Crippen LogP contribution in [0.25, 0.3) is 0 Å². The van der Waals surface area contributed by atoms with Gasteiger partial charge >= 0.3 is 11.0 Å². The van der Waals surface area contributed by atoms with Gasteiger partial charge in [0, 0.05) is 9.52 Å². The topological polar surface area (TPSA) is 68.3 Å². The molecular formula is C8H12Cl2F6O4S2Si. The first-order valence-electron chi connectivity index (χ1n) is 5.93. The molecule has 0 amide bonds. The minimum absolute atomic E-state index is 0.104. The molecule has 0 aliphatic heterocycles. The van der Waals surface area contributed by atoms with Gasteiger partial charge in [-0.25, -0.2) is 16.8 Å². The van der Waals surface area contributed by atoms with Gasteiger partial charge in [0.25, 0.3) is 19.7 Å². The number of sulfone groups is 2. The Bertz CT molecular complexity index is 543. The lowest BCUT2D eigenvalue weighted by atomic mass is 10.4. The zero-order valence-electron chi connectivity index (χ0n) is 11.2. The number of alkyl halides is 8. The monoisotopic (exact) mass is 448 g/mol. The van der Waals surface area contributed by atoms with Crippen molar-refractivity contribution in [3.05, 3.63) is 0 Å². The van der Waals surface area contributed by atoms with Crippen molar-refractivity contribution in [2.24, 2.45) is 0 Å². The fraction of sp³-hybridized carbons (Fsp3) is 1.00. The van der Waals surface area contributed by atoms with E-state index in [-0.39, 0.29) is 6.04 Å². The van der Waals surface area contributed by atoms with Crippen molar-refractivity contribution in [3.63, 3.8) is 0 Å². The molecule has 0 aromatic carbocycles. The highest BCUT2D eigenvalue weighted by atomic mass is 35.5. The fourth-order valence-corrected chi connectivity index (χ4v) is 7.27. The van der Waals surface area contributed by atoms with Crippen molar-refractivity contribution < 1.29 is 43.2 Å². The number of hydrogen-bond donors (Lipinski definition) is 0. The average Bonchev–Trinajstić information content (AvgIpc) is 2.29. The van der Waals surface area contributed by atoms with Crippen molar-refractivity contribution in [1.29, 1.82) is 0 Å². The van der Waals surface area contributed by atoms with Gasteiger partial charge in [-0.3, -0.25) is 0 Å². The maximum absolute atomic E-state index is 12.4. The molecule has 0 aliphatic carbocycles. The van der Waals surface area contributed by atoms with Crippen LogP contribution in [0.2, 0.25) is 12.1 Å². The zero-order chi connectivity index (χ0) is 18.7. The predicted molar refractivity (Wildman–Crippen MR) is 76.6 cm³/mol. The van der Waals surface area contributed by atoms with E-state index < -0.39 is 62.5 Å². The van der Waals surface area contributed by atoms with E-state index in [0.29, 0.717) is 6.04 Å². The van der Waals surface area contributed by atoms with Gasteiger partial charge in [-0.1, -0.05) is 12.5 Å². The standard InChI is InChI=1S/C8H12Cl2F6O4S2Si/c9-5(10)4-23-3-1-2-6(21(17,18)7(11,12)13)22(19,20)8(14,15)16/h5-6H,1-4,23H2. The third-order valence-corrected chi connectivity index (χ3v) is 10.5. The molecule has 0 aliphatic rings. The van der Waals surface area contributed by atoms with Crippen molar-refractivity contribution in [3.8, 4) is 0 Å². The Morgan fingerprint density at radius 3 is 1.57 bits per heavy atom. The molecule has 0 radical (unpaired) electrons. The summed E-state index contributed by atoms with van der Waals surface area (Å²) in [7, 11) is -14.1. The highest BCUT2D eigenvalue weighted by Crippen LogP contribution is 2.38. The van der Waals surface area contributed by atoms with Gasteiger partial charge in [-0.2, -0.15) is 26.3 Å². The first-order chi connectivity index (χ1) is 10.0. The first kappa shape index (κ1) is 23.3. The molecule has 0 rings (SSSR count). The fourth-order valence-electron chi connectivity index (χ4n) is 1.56. The molecular weight excluding hydrogens is 437 g/mol. The molecule has 0 aromatic rings. The van der Waals surface area contributed by atoms with Gasteiger partial charge in [-0.05, 0) is 12.5 Å². The third kappa shape index (κ3) is 6.25. The van der Waals surface area contributed by atoms with Crippen molar-refractivity contribution in [2.75, 3.05) is 0 Å². The van der Waals surface area contributed by atoms with Crippen molar-refractivity contribution in [2.45, 2.75) is 45.4 Å². The molecule has 23 heavy (non-hydrogen) atoms. The molecule has 140 valence electrons.